The molecule has 5 heteroatoms. The number of hydrogen-bond acceptors (Lipinski definition) is 3. The van der Waals surface area contributed by atoms with E-state index in [1.165, 1.54) is 23.5 Å². The van der Waals surface area contributed by atoms with Gasteiger partial charge in [0.05, 0.1) is 10.2 Å². The van der Waals surface area contributed by atoms with Crippen molar-refractivity contribution >= 4 is 27.3 Å². The van der Waals surface area contributed by atoms with Gasteiger partial charge in [0.1, 0.15) is 0 Å². The Bertz CT molecular complexity index is 747. The highest BCUT2D eigenvalue weighted by molar-refractivity contribution is 7.20. The fraction of sp³-hybridized carbons (Fsp3) is 0.125. The van der Waals surface area contributed by atoms with Crippen LogP contribution in [0.5, 0.6) is 0 Å². The van der Waals surface area contributed by atoms with Gasteiger partial charge in [-0.15, -0.1) is 11.3 Å². The number of carbonyl (C=O) groups is 1. The molecule has 0 saturated heterocycles. The van der Waals surface area contributed by atoms with E-state index < -0.39 is 6.43 Å². The molecule has 0 amide bonds. The number of carbonyl (C=O) groups excluding carboxylic acids is 1. The van der Waals surface area contributed by atoms with Gasteiger partial charge in [-0.3, -0.25) is 4.79 Å². The first-order valence-electron chi connectivity index (χ1n) is 6.39. The first-order chi connectivity index (χ1) is 10.1. The van der Waals surface area contributed by atoms with E-state index in [2.05, 4.69) is 4.98 Å². The zero-order valence-corrected chi connectivity index (χ0v) is 11.7. The average Bonchev–Trinajstić information content (AvgIpc) is 2.92. The maximum Gasteiger partial charge on any atom is 0.263 e. The second-order valence-corrected chi connectivity index (χ2v) is 5.66. The molecule has 1 aromatic heterocycles. The van der Waals surface area contributed by atoms with E-state index in [1.54, 1.807) is 12.1 Å². The van der Waals surface area contributed by atoms with Gasteiger partial charge in [0, 0.05) is 12.0 Å². The summed E-state index contributed by atoms with van der Waals surface area (Å²) < 4.78 is 25.9. The number of alkyl halides is 2. The van der Waals surface area contributed by atoms with Crippen molar-refractivity contribution in [3.8, 4) is 0 Å². The van der Waals surface area contributed by atoms with Crippen LogP contribution in [0, 0.1) is 0 Å². The van der Waals surface area contributed by atoms with E-state index in [4.69, 9.17) is 0 Å². The topological polar surface area (TPSA) is 30.0 Å². The monoisotopic (exact) mass is 303 g/mol. The lowest BCUT2D eigenvalue weighted by Crippen LogP contribution is -2.03. The Kier molecular flexibility index (Phi) is 3.75. The number of aromatic nitrogens is 1. The molecule has 2 nitrogen and oxygen atoms in total. The normalized spacial score (nSPS) is 11.2. The molecule has 21 heavy (non-hydrogen) atoms. The molecule has 0 bridgehead atoms. The molecule has 0 aliphatic rings. The highest BCUT2D eigenvalue weighted by atomic mass is 32.1. The van der Waals surface area contributed by atoms with Crippen LogP contribution in [0.4, 0.5) is 8.78 Å². The van der Waals surface area contributed by atoms with Crippen LogP contribution in [-0.4, -0.2) is 10.8 Å². The Labute approximate surface area is 124 Å². The molecule has 2 aromatic carbocycles. The molecule has 0 atom stereocenters. The van der Waals surface area contributed by atoms with Gasteiger partial charge in [0.15, 0.2) is 10.8 Å². The maximum atomic E-state index is 12.5. The summed E-state index contributed by atoms with van der Waals surface area (Å²) in [6, 6.07) is 13.4. The Morgan fingerprint density at radius 1 is 1.10 bits per heavy atom. The molecule has 0 aliphatic heterocycles. The van der Waals surface area contributed by atoms with Gasteiger partial charge < -0.3 is 0 Å². The summed E-state index contributed by atoms with van der Waals surface area (Å²) in [5, 5.41) is 0.453. The lowest BCUT2D eigenvalue weighted by atomic mass is 10.1. The van der Waals surface area contributed by atoms with Crippen LogP contribution >= 0.6 is 11.3 Å². The van der Waals surface area contributed by atoms with Crippen molar-refractivity contribution in [2.45, 2.75) is 12.8 Å². The van der Waals surface area contributed by atoms with Gasteiger partial charge in [0.25, 0.3) is 6.43 Å². The van der Waals surface area contributed by atoms with Gasteiger partial charge in [-0.25, -0.2) is 13.8 Å². The second kappa shape index (κ2) is 5.69. The maximum absolute atomic E-state index is 12.5. The lowest BCUT2D eigenvalue weighted by Gasteiger charge is -2.02. The number of thiazole rings is 1. The minimum Gasteiger partial charge on any atom is -0.291 e. The number of benzene rings is 2. The number of para-hydroxylation sites is 1. The van der Waals surface area contributed by atoms with E-state index in [9.17, 15) is 13.6 Å². The Balaban J connectivity index is 1.79. The van der Waals surface area contributed by atoms with Gasteiger partial charge in [-0.2, -0.15) is 0 Å². The Morgan fingerprint density at radius 2 is 1.81 bits per heavy atom. The fourth-order valence-electron chi connectivity index (χ4n) is 2.03. The van der Waals surface area contributed by atoms with Crippen LogP contribution in [0.2, 0.25) is 0 Å². The molecule has 106 valence electrons. The van der Waals surface area contributed by atoms with Crippen molar-refractivity contribution in [2.75, 3.05) is 0 Å². The SMILES string of the molecule is O=C(Cc1ccc(C(F)F)cc1)c1nc2ccccc2s1. The largest absolute Gasteiger partial charge is 0.291 e. The first-order valence-corrected chi connectivity index (χ1v) is 7.21. The molecule has 3 rings (SSSR count). The summed E-state index contributed by atoms with van der Waals surface area (Å²) in [4.78, 5) is 16.5. The van der Waals surface area contributed by atoms with E-state index >= 15 is 0 Å². The zero-order valence-electron chi connectivity index (χ0n) is 10.9. The Hall–Kier alpha value is -2.14. The highest BCUT2D eigenvalue weighted by Crippen LogP contribution is 2.23. The molecule has 0 radical (unpaired) electrons. The van der Waals surface area contributed by atoms with Gasteiger partial charge in [0.2, 0.25) is 0 Å². The van der Waals surface area contributed by atoms with E-state index in [0.717, 1.165) is 10.2 Å². The van der Waals surface area contributed by atoms with Crippen molar-refractivity contribution < 1.29 is 13.6 Å². The number of Topliss-reactive ketones (excluding diaryl/α,β-unsaturated/α-hetero) is 1. The van der Waals surface area contributed by atoms with E-state index in [1.807, 2.05) is 24.3 Å². The van der Waals surface area contributed by atoms with Crippen molar-refractivity contribution in [1.82, 2.24) is 4.98 Å². The molecule has 0 unspecified atom stereocenters. The van der Waals surface area contributed by atoms with E-state index in [0.29, 0.717) is 10.6 Å². The van der Waals surface area contributed by atoms with Crippen molar-refractivity contribution in [1.29, 1.82) is 0 Å². The number of ketones is 1. The Morgan fingerprint density at radius 3 is 2.48 bits per heavy atom. The minimum absolute atomic E-state index is 0.0359. The number of rotatable bonds is 4. The second-order valence-electron chi connectivity index (χ2n) is 4.63. The molecule has 0 saturated carbocycles. The standard InChI is InChI=1S/C16H11F2NOS/c17-15(18)11-7-5-10(6-8-11)9-13(20)16-19-12-3-1-2-4-14(12)21-16/h1-8,15H,9H2. The quantitative estimate of drug-likeness (QED) is 0.656. The van der Waals surface area contributed by atoms with Crippen LogP contribution in [0.25, 0.3) is 10.2 Å². The first kappa shape index (κ1) is 13.8. The van der Waals surface area contributed by atoms with Crippen LogP contribution in [0.1, 0.15) is 27.4 Å². The summed E-state index contributed by atoms with van der Waals surface area (Å²) in [7, 11) is 0. The van der Waals surface area contributed by atoms with Gasteiger partial charge in [-0.1, -0.05) is 36.4 Å². The van der Waals surface area contributed by atoms with Gasteiger partial charge >= 0.3 is 0 Å². The molecule has 0 aliphatic carbocycles. The van der Waals surface area contributed by atoms with Crippen molar-refractivity contribution in [3.63, 3.8) is 0 Å². The number of halogens is 2. The third kappa shape index (κ3) is 2.97. The molecule has 0 N–H and O–H groups in total. The third-order valence-corrected chi connectivity index (χ3v) is 4.21. The summed E-state index contributed by atoms with van der Waals surface area (Å²) >= 11 is 1.35. The smallest absolute Gasteiger partial charge is 0.263 e. The van der Waals surface area contributed by atoms with Gasteiger partial charge in [-0.05, 0) is 17.7 Å². The number of nitrogens with zero attached hydrogens (tertiary/aromatic N) is 1. The summed E-state index contributed by atoms with van der Waals surface area (Å²) in [5.41, 5.74) is 1.48. The predicted molar refractivity (Wildman–Crippen MR) is 79.1 cm³/mol. The molecule has 1 heterocycles. The summed E-state index contributed by atoms with van der Waals surface area (Å²) in [6.07, 6.45) is -2.32. The summed E-state index contributed by atoms with van der Waals surface area (Å²) in [6.45, 7) is 0. The molecular weight excluding hydrogens is 292 g/mol. The molecular formula is C16H11F2NOS. The minimum atomic E-state index is -2.49. The fourth-order valence-corrected chi connectivity index (χ4v) is 2.94. The molecule has 3 aromatic rings. The third-order valence-electron chi connectivity index (χ3n) is 3.13. The van der Waals surface area contributed by atoms with E-state index in [-0.39, 0.29) is 17.8 Å². The van der Waals surface area contributed by atoms with Crippen molar-refractivity contribution in [2.24, 2.45) is 0 Å². The van der Waals surface area contributed by atoms with Crippen LogP contribution in [0.15, 0.2) is 48.5 Å². The summed E-state index contributed by atoms with van der Waals surface area (Å²) in [5.74, 6) is -0.0963. The van der Waals surface area contributed by atoms with Crippen LogP contribution in [-0.2, 0) is 6.42 Å². The van der Waals surface area contributed by atoms with Crippen molar-refractivity contribution in [3.05, 3.63) is 64.7 Å². The average molecular weight is 303 g/mol. The number of fused-ring (bicyclic) bond motifs is 1. The molecule has 0 spiro atoms. The van der Waals surface area contributed by atoms with Crippen LogP contribution < -0.4 is 0 Å². The lowest BCUT2D eigenvalue weighted by molar-refractivity contribution is 0.0993. The molecule has 0 fully saturated rings. The predicted octanol–water partition coefficient (Wildman–Crippen LogP) is 4.66. The van der Waals surface area contributed by atoms with Crippen LogP contribution in [0.3, 0.4) is 0 Å². The highest BCUT2D eigenvalue weighted by Gasteiger charge is 2.13. The number of hydrogen-bond donors (Lipinski definition) is 0. The zero-order chi connectivity index (χ0) is 14.8.